The molecule has 1 aromatic carbocycles. The van der Waals surface area contributed by atoms with E-state index in [1.54, 1.807) is 25.4 Å². The largest absolute Gasteiger partial charge is 0.435 e. The highest BCUT2D eigenvalue weighted by molar-refractivity contribution is 5.85. The van der Waals surface area contributed by atoms with Crippen LogP contribution in [-0.2, 0) is 7.05 Å². The van der Waals surface area contributed by atoms with E-state index in [9.17, 15) is 13.6 Å². The summed E-state index contributed by atoms with van der Waals surface area (Å²) in [5, 5.41) is 4.11. The van der Waals surface area contributed by atoms with Gasteiger partial charge >= 0.3 is 6.61 Å². The number of hydrogen-bond acceptors (Lipinski definition) is 3. The highest BCUT2D eigenvalue weighted by Crippen LogP contribution is 2.25. The van der Waals surface area contributed by atoms with Gasteiger partial charge in [0.25, 0.3) is 0 Å². The third kappa shape index (κ3) is 2.53. The van der Waals surface area contributed by atoms with Gasteiger partial charge in [-0.2, -0.15) is 13.9 Å². The standard InChI is InChI=1S/C12H10F2N2O2/c1-16-6-9(7-17)11(15-16)8-3-2-4-10(5-8)18-12(13)14/h2-7,12H,1H3. The SMILES string of the molecule is Cn1cc(C=O)c(-c2cccc(OC(F)F)c2)n1. The molecule has 0 N–H and O–H groups in total. The lowest BCUT2D eigenvalue weighted by Gasteiger charge is -2.05. The Balaban J connectivity index is 2.40. The maximum Gasteiger partial charge on any atom is 0.387 e. The van der Waals surface area contributed by atoms with E-state index in [1.165, 1.54) is 16.8 Å². The molecule has 0 unspecified atom stereocenters. The van der Waals surface area contributed by atoms with Crippen molar-refractivity contribution in [1.29, 1.82) is 0 Å². The summed E-state index contributed by atoms with van der Waals surface area (Å²) in [7, 11) is 1.68. The Morgan fingerprint density at radius 1 is 1.44 bits per heavy atom. The maximum absolute atomic E-state index is 12.1. The van der Waals surface area contributed by atoms with Crippen molar-refractivity contribution < 1.29 is 18.3 Å². The van der Waals surface area contributed by atoms with E-state index in [4.69, 9.17) is 0 Å². The number of halogens is 2. The number of nitrogens with zero attached hydrogens (tertiary/aromatic N) is 2. The number of hydrogen-bond donors (Lipinski definition) is 0. The molecule has 18 heavy (non-hydrogen) atoms. The third-order valence-corrected chi connectivity index (χ3v) is 2.32. The topological polar surface area (TPSA) is 44.1 Å². The number of alkyl halides is 2. The van der Waals surface area contributed by atoms with Crippen molar-refractivity contribution in [2.75, 3.05) is 0 Å². The minimum Gasteiger partial charge on any atom is -0.435 e. The van der Waals surface area contributed by atoms with E-state index in [0.29, 0.717) is 23.1 Å². The van der Waals surface area contributed by atoms with E-state index in [-0.39, 0.29) is 5.75 Å². The van der Waals surface area contributed by atoms with Gasteiger partial charge in [-0.3, -0.25) is 9.48 Å². The van der Waals surface area contributed by atoms with Crippen molar-refractivity contribution in [2.45, 2.75) is 6.61 Å². The third-order valence-electron chi connectivity index (χ3n) is 2.32. The van der Waals surface area contributed by atoms with Crippen molar-refractivity contribution in [3.05, 3.63) is 36.0 Å². The number of benzene rings is 1. The molecule has 4 nitrogen and oxygen atoms in total. The molecule has 0 spiro atoms. The lowest BCUT2D eigenvalue weighted by molar-refractivity contribution is -0.0498. The molecule has 0 aliphatic heterocycles. The second-order valence-electron chi connectivity index (χ2n) is 3.63. The predicted molar refractivity (Wildman–Crippen MR) is 60.7 cm³/mol. The quantitative estimate of drug-likeness (QED) is 0.785. The number of aryl methyl sites for hydroxylation is 1. The first kappa shape index (κ1) is 12.2. The van der Waals surface area contributed by atoms with Crippen LogP contribution >= 0.6 is 0 Å². The van der Waals surface area contributed by atoms with Gasteiger partial charge in [-0.15, -0.1) is 0 Å². The van der Waals surface area contributed by atoms with E-state index >= 15 is 0 Å². The molecule has 0 saturated carbocycles. The van der Waals surface area contributed by atoms with Crippen LogP contribution in [0, 0.1) is 0 Å². The fourth-order valence-corrected chi connectivity index (χ4v) is 1.64. The Morgan fingerprint density at radius 2 is 2.22 bits per heavy atom. The first-order valence-corrected chi connectivity index (χ1v) is 5.14. The summed E-state index contributed by atoms with van der Waals surface area (Å²) in [4.78, 5) is 10.9. The van der Waals surface area contributed by atoms with Crippen LogP contribution in [0.15, 0.2) is 30.5 Å². The van der Waals surface area contributed by atoms with Crippen molar-refractivity contribution >= 4 is 6.29 Å². The number of carbonyl (C=O) groups is 1. The summed E-state index contributed by atoms with van der Waals surface area (Å²) >= 11 is 0. The Hall–Kier alpha value is -2.24. The highest BCUT2D eigenvalue weighted by atomic mass is 19.3. The molecule has 0 fully saturated rings. The van der Waals surface area contributed by atoms with Crippen LogP contribution < -0.4 is 4.74 Å². The highest BCUT2D eigenvalue weighted by Gasteiger charge is 2.11. The van der Waals surface area contributed by atoms with E-state index < -0.39 is 6.61 Å². The van der Waals surface area contributed by atoms with Crippen molar-refractivity contribution in [2.24, 2.45) is 7.05 Å². The number of aldehydes is 1. The number of carbonyl (C=O) groups excluding carboxylic acids is 1. The lowest BCUT2D eigenvalue weighted by atomic mass is 10.1. The van der Waals surface area contributed by atoms with Crippen molar-refractivity contribution in [3.63, 3.8) is 0 Å². The summed E-state index contributed by atoms with van der Waals surface area (Å²) < 4.78 is 30.0. The molecule has 1 heterocycles. The van der Waals surface area contributed by atoms with E-state index in [1.807, 2.05) is 0 Å². The summed E-state index contributed by atoms with van der Waals surface area (Å²) in [6.45, 7) is -2.88. The van der Waals surface area contributed by atoms with Gasteiger partial charge in [0.1, 0.15) is 11.4 Å². The van der Waals surface area contributed by atoms with Crippen molar-refractivity contribution in [1.82, 2.24) is 9.78 Å². The van der Waals surface area contributed by atoms with Crippen LogP contribution in [-0.4, -0.2) is 22.7 Å². The van der Waals surface area contributed by atoms with Gasteiger partial charge in [-0.1, -0.05) is 12.1 Å². The molecule has 6 heteroatoms. The van der Waals surface area contributed by atoms with E-state index in [2.05, 4.69) is 9.84 Å². The lowest BCUT2D eigenvalue weighted by Crippen LogP contribution is -2.01. The second kappa shape index (κ2) is 4.95. The Labute approximate surface area is 102 Å². The molecule has 2 rings (SSSR count). The average Bonchev–Trinajstić information content (AvgIpc) is 2.70. The normalized spacial score (nSPS) is 10.7. The Kier molecular flexibility index (Phi) is 3.36. The van der Waals surface area contributed by atoms with Gasteiger partial charge in [-0.05, 0) is 12.1 Å². The smallest absolute Gasteiger partial charge is 0.387 e. The van der Waals surface area contributed by atoms with Crippen LogP contribution in [0.3, 0.4) is 0 Å². The fourth-order valence-electron chi connectivity index (χ4n) is 1.64. The number of aromatic nitrogens is 2. The van der Waals surface area contributed by atoms with Gasteiger partial charge in [0, 0.05) is 18.8 Å². The molecule has 0 atom stereocenters. The zero-order valence-electron chi connectivity index (χ0n) is 9.51. The van der Waals surface area contributed by atoms with E-state index in [0.717, 1.165) is 0 Å². The molecule has 94 valence electrons. The zero-order valence-corrected chi connectivity index (χ0v) is 9.51. The minimum absolute atomic E-state index is 0.0324. The van der Waals surface area contributed by atoms with Crippen LogP contribution in [0.25, 0.3) is 11.3 Å². The predicted octanol–water partition coefficient (Wildman–Crippen LogP) is 2.50. The average molecular weight is 252 g/mol. The molecule has 0 bridgehead atoms. The van der Waals surface area contributed by atoms with Gasteiger partial charge in [0.15, 0.2) is 6.29 Å². The second-order valence-corrected chi connectivity index (χ2v) is 3.63. The molecular weight excluding hydrogens is 242 g/mol. The van der Waals surface area contributed by atoms with Crippen LogP contribution in [0.5, 0.6) is 5.75 Å². The first-order valence-electron chi connectivity index (χ1n) is 5.14. The minimum atomic E-state index is -2.88. The molecule has 0 radical (unpaired) electrons. The fraction of sp³-hybridized carbons (Fsp3) is 0.167. The molecule has 1 aromatic heterocycles. The molecule has 2 aromatic rings. The molecule has 0 aliphatic rings. The molecular formula is C12H10F2N2O2. The maximum atomic E-state index is 12.1. The Morgan fingerprint density at radius 3 is 2.89 bits per heavy atom. The van der Waals surface area contributed by atoms with Crippen LogP contribution in [0.1, 0.15) is 10.4 Å². The molecule has 0 saturated heterocycles. The number of rotatable bonds is 4. The van der Waals surface area contributed by atoms with Crippen LogP contribution in [0.4, 0.5) is 8.78 Å². The van der Waals surface area contributed by atoms with Crippen molar-refractivity contribution in [3.8, 4) is 17.0 Å². The molecule has 0 amide bonds. The summed E-state index contributed by atoms with van der Waals surface area (Å²) in [6, 6.07) is 6.07. The summed E-state index contributed by atoms with van der Waals surface area (Å²) in [5.41, 5.74) is 1.38. The number of ether oxygens (including phenoxy) is 1. The summed E-state index contributed by atoms with van der Waals surface area (Å²) in [5.74, 6) is 0.0324. The first-order chi connectivity index (χ1) is 8.60. The van der Waals surface area contributed by atoms with Gasteiger partial charge in [0.05, 0.1) is 5.56 Å². The van der Waals surface area contributed by atoms with Gasteiger partial charge in [-0.25, -0.2) is 0 Å². The molecule has 0 aliphatic carbocycles. The summed E-state index contributed by atoms with van der Waals surface area (Å²) in [6.07, 6.45) is 2.23. The zero-order chi connectivity index (χ0) is 13.1. The van der Waals surface area contributed by atoms with Gasteiger partial charge in [0.2, 0.25) is 0 Å². The van der Waals surface area contributed by atoms with Gasteiger partial charge < -0.3 is 4.74 Å². The monoisotopic (exact) mass is 252 g/mol. The Bertz CT molecular complexity index is 567. The van der Waals surface area contributed by atoms with Crippen LogP contribution in [0.2, 0.25) is 0 Å².